The first-order valence-corrected chi connectivity index (χ1v) is 7.35. The molecule has 118 valence electrons. The van der Waals surface area contributed by atoms with E-state index in [1.165, 1.54) is 6.07 Å². The zero-order valence-electron chi connectivity index (χ0n) is 13.2. The molecule has 0 aliphatic carbocycles. The van der Waals surface area contributed by atoms with Crippen molar-refractivity contribution < 1.29 is 4.39 Å². The van der Waals surface area contributed by atoms with Crippen LogP contribution >= 0.6 is 0 Å². The molecule has 2 aromatic rings. The van der Waals surface area contributed by atoms with Crippen molar-refractivity contribution >= 4 is 17.5 Å². The minimum Gasteiger partial charge on any atom is -0.370 e. The summed E-state index contributed by atoms with van der Waals surface area (Å²) in [6.07, 6.45) is 2.72. The Morgan fingerprint density at radius 2 is 2.00 bits per heavy atom. The largest absolute Gasteiger partial charge is 0.370 e. The first-order chi connectivity index (χ1) is 10.6. The molecular formula is C16H22FN5. The van der Waals surface area contributed by atoms with Crippen LogP contribution in [0.5, 0.6) is 0 Å². The predicted octanol–water partition coefficient (Wildman–Crippen LogP) is 3.00. The molecule has 22 heavy (non-hydrogen) atoms. The van der Waals surface area contributed by atoms with Crippen molar-refractivity contribution in [1.82, 2.24) is 15.3 Å². The summed E-state index contributed by atoms with van der Waals surface area (Å²) in [7, 11) is 1.92. The van der Waals surface area contributed by atoms with Crippen molar-refractivity contribution in [3.63, 3.8) is 0 Å². The Balaban J connectivity index is 2.10. The zero-order chi connectivity index (χ0) is 15.9. The van der Waals surface area contributed by atoms with Gasteiger partial charge >= 0.3 is 0 Å². The van der Waals surface area contributed by atoms with Gasteiger partial charge in [0.1, 0.15) is 11.6 Å². The molecule has 5 nitrogen and oxygen atoms in total. The number of hydrogen-bond donors (Lipinski definition) is 3. The van der Waals surface area contributed by atoms with E-state index in [1.807, 2.05) is 20.9 Å². The quantitative estimate of drug-likeness (QED) is 0.686. The molecule has 0 aliphatic rings. The normalized spacial score (nSPS) is 10.5. The van der Waals surface area contributed by atoms with Gasteiger partial charge in [-0.1, -0.05) is 6.07 Å². The van der Waals surface area contributed by atoms with E-state index < -0.39 is 0 Å². The standard InChI is InChI=1S/C16H22FN5/c1-11-5-6-13(17)14(9-11)21-16-20-10-12(2)15(22-16)19-8-4-7-18-3/h5-6,9-10,18H,4,7-8H2,1-3H3,(H2,19,20,21,22). The van der Waals surface area contributed by atoms with Crippen molar-refractivity contribution in [1.29, 1.82) is 0 Å². The second kappa shape index (κ2) is 7.70. The third kappa shape index (κ3) is 4.39. The van der Waals surface area contributed by atoms with Gasteiger partial charge in [0.2, 0.25) is 5.95 Å². The Morgan fingerprint density at radius 1 is 1.18 bits per heavy atom. The Hall–Kier alpha value is -2.21. The number of nitrogens with zero attached hydrogens (tertiary/aromatic N) is 2. The molecule has 0 amide bonds. The van der Waals surface area contributed by atoms with Crippen molar-refractivity contribution in [2.24, 2.45) is 0 Å². The molecular weight excluding hydrogens is 281 g/mol. The van der Waals surface area contributed by atoms with E-state index in [0.717, 1.165) is 36.5 Å². The highest BCUT2D eigenvalue weighted by Crippen LogP contribution is 2.20. The summed E-state index contributed by atoms with van der Waals surface area (Å²) in [5, 5.41) is 9.31. The molecule has 3 N–H and O–H groups in total. The Kier molecular flexibility index (Phi) is 5.66. The Bertz CT molecular complexity index is 630. The Morgan fingerprint density at radius 3 is 2.77 bits per heavy atom. The molecule has 2 rings (SSSR count). The topological polar surface area (TPSA) is 61.9 Å². The summed E-state index contributed by atoms with van der Waals surface area (Å²) in [5.74, 6) is 0.825. The van der Waals surface area contributed by atoms with E-state index in [-0.39, 0.29) is 5.82 Å². The zero-order valence-corrected chi connectivity index (χ0v) is 13.2. The molecule has 0 fully saturated rings. The highest BCUT2D eigenvalue weighted by Gasteiger charge is 2.07. The van der Waals surface area contributed by atoms with Gasteiger partial charge in [-0.2, -0.15) is 4.98 Å². The molecule has 1 aromatic carbocycles. The third-order valence-corrected chi connectivity index (χ3v) is 3.24. The third-order valence-electron chi connectivity index (χ3n) is 3.24. The average Bonchev–Trinajstić information content (AvgIpc) is 2.50. The fourth-order valence-corrected chi connectivity index (χ4v) is 2.01. The lowest BCUT2D eigenvalue weighted by Crippen LogP contribution is -2.14. The smallest absolute Gasteiger partial charge is 0.229 e. The molecule has 0 bridgehead atoms. The van der Waals surface area contributed by atoms with Crippen LogP contribution in [0.1, 0.15) is 17.5 Å². The summed E-state index contributed by atoms with van der Waals surface area (Å²) in [6.45, 7) is 5.61. The number of anilines is 3. The molecule has 0 unspecified atom stereocenters. The van der Waals surface area contributed by atoms with Crippen molar-refractivity contribution in [2.75, 3.05) is 30.8 Å². The van der Waals surface area contributed by atoms with Crippen LogP contribution in [-0.2, 0) is 0 Å². The maximum atomic E-state index is 13.8. The maximum Gasteiger partial charge on any atom is 0.229 e. The SMILES string of the molecule is CNCCCNc1nc(Nc2cc(C)ccc2F)ncc1C. The number of benzene rings is 1. The summed E-state index contributed by atoms with van der Waals surface area (Å²) in [5.41, 5.74) is 2.31. The number of nitrogens with one attached hydrogen (secondary N) is 3. The van der Waals surface area contributed by atoms with Gasteiger partial charge in [0.25, 0.3) is 0 Å². The second-order valence-corrected chi connectivity index (χ2v) is 5.22. The molecule has 0 radical (unpaired) electrons. The minimum atomic E-state index is -0.321. The van der Waals surface area contributed by atoms with Crippen LogP contribution < -0.4 is 16.0 Å². The van der Waals surface area contributed by atoms with Gasteiger partial charge in [-0.15, -0.1) is 0 Å². The van der Waals surface area contributed by atoms with Crippen LogP contribution in [0.25, 0.3) is 0 Å². The van der Waals surface area contributed by atoms with Crippen LogP contribution in [-0.4, -0.2) is 30.1 Å². The fraction of sp³-hybridized carbons (Fsp3) is 0.375. The molecule has 6 heteroatoms. The number of rotatable bonds is 7. The van der Waals surface area contributed by atoms with E-state index in [0.29, 0.717) is 11.6 Å². The molecule has 0 saturated heterocycles. The van der Waals surface area contributed by atoms with Gasteiger partial charge in [0.05, 0.1) is 5.69 Å². The lowest BCUT2D eigenvalue weighted by molar-refractivity contribution is 0.631. The lowest BCUT2D eigenvalue weighted by atomic mass is 10.2. The van der Waals surface area contributed by atoms with E-state index in [1.54, 1.807) is 18.3 Å². The van der Waals surface area contributed by atoms with Crippen LogP contribution in [0.15, 0.2) is 24.4 Å². The number of hydrogen-bond acceptors (Lipinski definition) is 5. The molecule has 0 aliphatic heterocycles. The van der Waals surface area contributed by atoms with E-state index in [2.05, 4.69) is 25.9 Å². The average molecular weight is 303 g/mol. The molecule has 0 atom stereocenters. The molecule has 1 heterocycles. The monoisotopic (exact) mass is 303 g/mol. The van der Waals surface area contributed by atoms with Crippen LogP contribution in [0.4, 0.5) is 21.8 Å². The second-order valence-electron chi connectivity index (χ2n) is 5.22. The number of aromatic nitrogens is 2. The predicted molar refractivity (Wildman–Crippen MR) is 88.2 cm³/mol. The van der Waals surface area contributed by atoms with Gasteiger partial charge in [0, 0.05) is 18.3 Å². The highest BCUT2D eigenvalue weighted by molar-refractivity contribution is 5.57. The van der Waals surface area contributed by atoms with Gasteiger partial charge < -0.3 is 16.0 Å². The minimum absolute atomic E-state index is 0.321. The van der Waals surface area contributed by atoms with E-state index in [4.69, 9.17) is 0 Å². The summed E-state index contributed by atoms with van der Waals surface area (Å²) in [6, 6.07) is 4.90. The van der Waals surface area contributed by atoms with Gasteiger partial charge in [0.15, 0.2) is 0 Å². The molecule has 0 saturated carbocycles. The van der Waals surface area contributed by atoms with Gasteiger partial charge in [-0.05, 0) is 51.6 Å². The van der Waals surface area contributed by atoms with Crippen molar-refractivity contribution in [3.8, 4) is 0 Å². The maximum absolute atomic E-state index is 13.8. The summed E-state index contributed by atoms with van der Waals surface area (Å²) < 4.78 is 13.8. The van der Waals surface area contributed by atoms with Gasteiger partial charge in [-0.25, -0.2) is 9.37 Å². The van der Waals surface area contributed by atoms with Crippen molar-refractivity contribution in [2.45, 2.75) is 20.3 Å². The molecule has 1 aromatic heterocycles. The van der Waals surface area contributed by atoms with E-state index >= 15 is 0 Å². The lowest BCUT2D eigenvalue weighted by Gasteiger charge is -2.11. The fourth-order valence-electron chi connectivity index (χ4n) is 2.01. The van der Waals surface area contributed by atoms with E-state index in [9.17, 15) is 4.39 Å². The van der Waals surface area contributed by atoms with Crippen LogP contribution in [0.2, 0.25) is 0 Å². The van der Waals surface area contributed by atoms with Crippen LogP contribution in [0, 0.1) is 19.7 Å². The first kappa shape index (κ1) is 16.2. The summed E-state index contributed by atoms with van der Waals surface area (Å²) >= 11 is 0. The number of halogens is 1. The van der Waals surface area contributed by atoms with Crippen molar-refractivity contribution in [3.05, 3.63) is 41.3 Å². The molecule has 0 spiro atoms. The Labute approximate surface area is 130 Å². The highest BCUT2D eigenvalue weighted by atomic mass is 19.1. The summed E-state index contributed by atoms with van der Waals surface area (Å²) in [4.78, 5) is 8.62. The van der Waals surface area contributed by atoms with Gasteiger partial charge in [-0.3, -0.25) is 0 Å². The first-order valence-electron chi connectivity index (χ1n) is 7.35. The van der Waals surface area contributed by atoms with Crippen LogP contribution in [0.3, 0.4) is 0 Å². The number of aryl methyl sites for hydroxylation is 2.